The summed E-state index contributed by atoms with van der Waals surface area (Å²) in [5, 5.41) is 13.0. The van der Waals surface area contributed by atoms with Gasteiger partial charge in [-0.15, -0.1) is 0 Å². The molecule has 0 atom stereocenters. The molecule has 2 aliphatic heterocycles. The Hall–Kier alpha value is -1.79. The number of amides is 1. The maximum atomic E-state index is 12.1. The first-order valence-electron chi connectivity index (χ1n) is 6.64. The minimum absolute atomic E-state index is 0.181. The van der Waals surface area contributed by atoms with Crippen LogP contribution in [0, 0.1) is 0 Å². The Morgan fingerprint density at radius 1 is 1.25 bits per heavy atom. The molecule has 6 nitrogen and oxygen atoms in total. The first-order chi connectivity index (χ1) is 9.66. The maximum absolute atomic E-state index is 12.1. The molecule has 0 aliphatic carbocycles. The molecule has 0 saturated carbocycles. The van der Waals surface area contributed by atoms with E-state index in [0.717, 1.165) is 0 Å². The van der Waals surface area contributed by atoms with Gasteiger partial charge in [0.1, 0.15) is 0 Å². The highest BCUT2D eigenvalue weighted by molar-refractivity contribution is 5.95. The van der Waals surface area contributed by atoms with E-state index in [1.807, 2.05) is 0 Å². The van der Waals surface area contributed by atoms with Gasteiger partial charge in [0.25, 0.3) is 5.91 Å². The summed E-state index contributed by atoms with van der Waals surface area (Å²) in [6.45, 7) is 1.45. The Balaban J connectivity index is 1.61. The van der Waals surface area contributed by atoms with Crippen LogP contribution in [0.4, 0.5) is 0 Å². The molecule has 6 heteroatoms. The maximum Gasteiger partial charge on any atom is 0.251 e. The Bertz CT molecular complexity index is 510. The molecule has 1 aromatic carbocycles. The smallest absolute Gasteiger partial charge is 0.251 e. The van der Waals surface area contributed by atoms with Crippen molar-refractivity contribution in [3.63, 3.8) is 0 Å². The highest BCUT2D eigenvalue weighted by Gasteiger charge is 2.30. The van der Waals surface area contributed by atoms with Crippen molar-refractivity contribution in [2.75, 3.05) is 26.6 Å². The summed E-state index contributed by atoms with van der Waals surface area (Å²) in [7, 11) is 0. The van der Waals surface area contributed by atoms with Gasteiger partial charge >= 0.3 is 0 Å². The quantitative estimate of drug-likeness (QED) is 0.851. The Kier molecular flexibility index (Phi) is 3.50. The zero-order valence-electron chi connectivity index (χ0n) is 11.1. The van der Waals surface area contributed by atoms with E-state index in [-0.39, 0.29) is 19.2 Å². The first kappa shape index (κ1) is 13.2. The van der Waals surface area contributed by atoms with Crippen molar-refractivity contribution in [2.45, 2.75) is 18.4 Å². The number of carbonyl (C=O) groups excluding carboxylic acids is 1. The lowest BCUT2D eigenvalue weighted by atomic mass is 9.94. The van der Waals surface area contributed by atoms with Crippen LogP contribution in [0.5, 0.6) is 11.5 Å². The monoisotopic (exact) mass is 279 g/mol. The van der Waals surface area contributed by atoms with Gasteiger partial charge in [-0.3, -0.25) is 4.79 Å². The van der Waals surface area contributed by atoms with Gasteiger partial charge in [0.05, 0.1) is 5.60 Å². The Labute approximate surface area is 116 Å². The summed E-state index contributed by atoms with van der Waals surface area (Å²) < 4.78 is 15.6. The molecule has 1 saturated heterocycles. The van der Waals surface area contributed by atoms with E-state index in [0.29, 0.717) is 43.1 Å². The lowest BCUT2D eigenvalue weighted by Gasteiger charge is -2.32. The van der Waals surface area contributed by atoms with Crippen molar-refractivity contribution in [1.82, 2.24) is 5.32 Å². The second kappa shape index (κ2) is 5.30. The van der Waals surface area contributed by atoms with Gasteiger partial charge in [-0.2, -0.15) is 0 Å². The van der Waals surface area contributed by atoms with E-state index in [1.54, 1.807) is 18.2 Å². The van der Waals surface area contributed by atoms with Gasteiger partial charge in [0.2, 0.25) is 6.79 Å². The standard InChI is InChI=1S/C14H17NO5/c16-13(15-8-14(17)3-5-18-6-4-14)10-1-2-11-12(7-10)20-9-19-11/h1-2,7,17H,3-6,8-9H2,(H,15,16). The van der Waals surface area contributed by atoms with Crippen molar-refractivity contribution in [2.24, 2.45) is 0 Å². The van der Waals surface area contributed by atoms with Gasteiger partial charge < -0.3 is 24.6 Å². The average molecular weight is 279 g/mol. The number of hydrogen-bond acceptors (Lipinski definition) is 5. The fourth-order valence-corrected chi connectivity index (χ4v) is 2.31. The van der Waals surface area contributed by atoms with Crippen molar-refractivity contribution >= 4 is 5.91 Å². The zero-order valence-corrected chi connectivity index (χ0v) is 11.1. The summed E-state index contributed by atoms with van der Waals surface area (Å²) in [6.07, 6.45) is 1.07. The van der Waals surface area contributed by atoms with Crippen LogP contribution in [-0.4, -0.2) is 43.2 Å². The highest BCUT2D eigenvalue weighted by Crippen LogP contribution is 2.32. The van der Waals surface area contributed by atoms with Crippen LogP contribution in [0.2, 0.25) is 0 Å². The number of ether oxygens (including phenoxy) is 3. The molecule has 2 aliphatic rings. The lowest BCUT2D eigenvalue weighted by molar-refractivity contribution is -0.0605. The third-order valence-corrected chi connectivity index (χ3v) is 3.64. The number of fused-ring (bicyclic) bond motifs is 1. The lowest BCUT2D eigenvalue weighted by Crippen LogP contribution is -2.46. The molecule has 108 valence electrons. The molecule has 0 bridgehead atoms. The number of nitrogens with one attached hydrogen (secondary N) is 1. The molecule has 3 rings (SSSR count). The highest BCUT2D eigenvalue weighted by atomic mass is 16.7. The van der Waals surface area contributed by atoms with E-state index < -0.39 is 5.60 Å². The fourth-order valence-electron chi connectivity index (χ4n) is 2.31. The van der Waals surface area contributed by atoms with Crippen molar-refractivity contribution in [3.8, 4) is 11.5 Å². The van der Waals surface area contributed by atoms with Crippen molar-refractivity contribution in [1.29, 1.82) is 0 Å². The molecule has 0 radical (unpaired) electrons. The molecule has 1 amide bonds. The second-order valence-electron chi connectivity index (χ2n) is 5.09. The minimum atomic E-state index is -0.871. The molecule has 2 N–H and O–H groups in total. The van der Waals surface area contributed by atoms with Crippen LogP contribution in [-0.2, 0) is 4.74 Å². The summed E-state index contributed by atoms with van der Waals surface area (Å²) in [6, 6.07) is 5.03. The van der Waals surface area contributed by atoms with Crippen molar-refractivity contribution in [3.05, 3.63) is 23.8 Å². The van der Waals surface area contributed by atoms with Crippen LogP contribution in [0.1, 0.15) is 23.2 Å². The molecule has 20 heavy (non-hydrogen) atoms. The largest absolute Gasteiger partial charge is 0.454 e. The third-order valence-electron chi connectivity index (χ3n) is 3.64. The van der Waals surface area contributed by atoms with Gasteiger partial charge in [-0.25, -0.2) is 0 Å². The van der Waals surface area contributed by atoms with Crippen LogP contribution in [0.25, 0.3) is 0 Å². The molecule has 0 aromatic heterocycles. The van der Waals surface area contributed by atoms with Crippen LogP contribution in [0.3, 0.4) is 0 Å². The van der Waals surface area contributed by atoms with Gasteiger partial charge in [-0.05, 0) is 18.2 Å². The topological polar surface area (TPSA) is 77.0 Å². The fraction of sp³-hybridized carbons (Fsp3) is 0.500. The molecular formula is C14H17NO5. The number of hydrogen-bond donors (Lipinski definition) is 2. The summed E-state index contributed by atoms with van der Waals surface area (Å²) in [5.41, 5.74) is -0.380. The van der Waals surface area contributed by atoms with E-state index in [9.17, 15) is 9.90 Å². The van der Waals surface area contributed by atoms with E-state index in [1.165, 1.54) is 0 Å². The predicted molar refractivity (Wildman–Crippen MR) is 69.9 cm³/mol. The first-order valence-corrected chi connectivity index (χ1v) is 6.64. The predicted octanol–water partition coefficient (Wildman–Crippen LogP) is 0.687. The molecule has 2 heterocycles. The number of benzene rings is 1. The summed E-state index contributed by atoms with van der Waals surface area (Å²) >= 11 is 0. The summed E-state index contributed by atoms with van der Waals surface area (Å²) in [5.74, 6) is 0.982. The third kappa shape index (κ3) is 2.71. The number of rotatable bonds is 3. The van der Waals surface area contributed by atoms with Crippen LogP contribution < -0.4 is 14.8 Å². The Morgan fingerprint density at radius 3 is 2.80 bits per heavy atom. The molecule has 1 aromatic rings. The van der Waals surface area contributed by atoms with Crippen molar-refractivity contribution < 1.29 is 24.1 Å². The molecule has 1 fully saturated rings. The number of carbonyl (C=O) groups is 1. The van der Waals surface area contributed by atoms with Gasteiger partial charge in [0, 0.05) is 38.2 Å². The average Bonchev–Trinajstić information content (AvgIpc) is 2.93. The molecule has 0 unspecified atom stereocenters. The minimum Gasteiger partial charge on any atom is -0.454 e. The molecule has 0 spiro atoms. The Morgan fingerprint density at radius 2 is 2.00 bits per heavy atom. The SMILES string of the molecule is O=C(NCC1(O)CCOCC1)c1ccc2c(c1)OCO2. The van der Waals surface area contributed by atoms with E-state index in [2.05, 4.69) is 5.32 Å². The normalized spacial score (nSPS) is 19.6. The van der Waals surface area contributed by atoms with Crippen LogP contribution in [0.15, 0.2) is 18.2 Å². The second-order valence-corrected chi connectivity index (χ2v) is 5.09. The summed E-state index contributed by atoms with van der Waals surface area (Å²) in [4.78, 5) is 12.1. The van der Waals surface area contributed by atoms with Gasteiger partial charge in [0.15, 0.2) is 11.5 Å². The van der Waals surface area contributed by atoms with Crippen LogP contribution >= 0.6 is 0 Å². The number of aliphatic hydroxyl groups is 1. The van der Waals surface area contributed by atoms with Gasteiger partial charge in [-0.1, -0.05) is 0 Å². The van der Waals surface area contributed by atoms with E-state index >= 15 is 0 Å². The molecular weight excluding hydrogens is 262 g/mol. The van der Waals surface area contributed by atoms with E-state index in [4.69, 9.17) is 14.2 Å². The zero-order chi connectivity index (χ0) is 14.0.